The Labute approximate surface area is 452 Å². The molecule has 0 radical (unpaired) electrons. The first-order chi connectivity index (χ1) is 36.0. The Balaban J connectivity index is 2.27. The van der Waals surface area contributed by atoms with Crippen molar-refractivity contribution in [3.63, 3.8) is 0 Å². The highest BCUT2D eigenvalue weighted by atomic mass is 31.2. The second-order valence-corrected chi connectivity index (χ2v) is 22.6. The Kier molecular flexibility index (Phi) is 48.3. The van der Waals surface area contributed by atoms with Crippen molar-refractivity contribution in [2.45, 2.75) is 313 Å². The van der Waals surface area contributed by atoms with E-state index in [9.17, 15) is 39.8 Å². The van der Waals surface area contributed by atoms with Crippen molar-refractivity contribution in [3.05, 3.63) is 48.6 Å². The van der Waals surface area contributed by atoms with E-state index in [1.165, 1.54) is 180 Å². The number of esters is 1. The minimum atomic E-state index is -5.03. The first kappa shape index (κ1) is 70.3. The van der Waals surface area contributed by atoms with Crippen LogP contribution in [-0.2, 0) is 27.9 Å². The molecule has 1 rings (SSSR count). The van der Waals surface area contributed by atoms with Gasteiger partial charge < -0.3 is 39.9 Å². The van der Waals surface area contributed by atoms with E-state index in [-0.39, 0.29) is 13.0 Å². The number of hydrogen-bond donors (Lipinski definition) is 6. The molecule has 0 spiro atoms. The minimum Gasteiger partial charge on any atom is -0.457 e. The van der Waals surface area contributed by atoms with Gasteiger partial charge in [-0.05, 0) is 77.0 Å². The van der Waals surface area contributed by atoms with Crippen LogP contribution >= 0.6 is 7.82 Å². The summed E-state index contributed by atoms with van der Waals surface area (Å²) in [4.78, 5) is 23.4. The molecule has 0 saturated heterocycles. The minimum absolute atomic E-state index is 0.0800. The van der Waals surface area contributed by atoms with Gasteiger partial charge in [-0.2, -0.15) is 0 Å². The molecule has 0 aliphatic heterocycles. The van der Waals surface area contributed by atoms with Crippen LogP contribution in [0.15, 0.2) is 48.6 Å². The van der Waals surface area contributed by atoms with Gasteiger partial charge in [0.25, 0.3) is 0 Å². The molecule has 1 fully saturated rings. The summed E-state index contributed by atoms with van der Waals surface area (Å²) >= 11 is 0. The van der Waals surface area contributed by atoms with E-state index in [4.69, 9.17) is 18.5 Å². The van der Waals surface area contributed by atoms with Crippen LogP contribution in [0.5, 0.6) is 0 Å². The highest BCUT2D eigenvalue weighted by Gasteiger charge is 2.51. The van der Waals surface area contributed by atoms with E-state index < -0.39 is 63.1 Å². The maximum atomic E-state index is 12.9. The number of phosphoric ester groups is 1. The van der Waals surface area contributed by atoms with Gasteiger partial charge in [-0.15, -0.1) is 0 Å². The SMILES string of the molecule is CCCCCCC/C=C\C/C=C\C/C=C\CCCCCCCCCCCOCC(COP(=O)(O)OC1C(O)C(O)C(O)C(O)C1O)OC(=O)CCCCCCCCCCCCC/C=C\CCCCCCCCCC. The fourth-order valence-corrected chi connectivity index (χ4v) is 10.3. The zero-order valence-electron chi connectivity index (χ0n) is 47.1. The molecule has 1 saturated carbocycles. The third-order valence-electron chi connectivity index (χ3n) is 14.2. The summed E-state index contributed by atoms with van der Waals surface area (Å²) in [6.45, 7) is 4.28. The normalized spacial score (nSPS) is 20.7. The molecule has 434 valence electrons. The van der Waals surface area contributed by atoms with Gasteiger partial charge in [0.1, 0.15) is 42.7 Å². The Morgan fingerprint density at radius 1 is 0.432 bits per heavy atom. The average molecular weight is 1070 g/mol. The lowest BCUT2D eigenvalue weighted by Gasteiger charge is -2.41. The Morgan fingerprint density at radius 2 is 0.757 bits per heavy atom. The summed E-state index contributed by atoms with van der Waals surface area (Å²) in [6, 6.07) is 0. The van der Waals surface area contributed by atoms with Crippen LogP contribution in [0.25, 0.3) is 0 Å². The summed E-state index contributed by atoms with van der Waals surface area (Å²) in [7, 11) is -5.03. The molecule has 74 heavy (non-hydrogen) atoms. The van der Waals surface area contributed by atoms with Crippen LogP contribution in [0, 0.1) is 0 Å². The van der Waals surface area contributed by atoms with Gasteiger partial charge in [0.05, 0.1) is 13.2 Å². The van der Waals surface area contributed by atoms with Crippen LogP contribution in [0.2, 0.25) is 0 Å². The molecule has 0 aromatic heterocycles. The number of allylic oxidation sites excluding steroid dienone is 8. The maximum absolute atomic E-state index is 12.9. The molecule has 0 aromatic rings. The van der Waals surface area contributed by atoms with Crippen molar-refractivity contribution in [2.24, 2.45) is 0 Å². The number of phosphoric acid groups is 1. The van der Waals surface area contributed by atoms with E-state index in [1.54, 1.807) is 0 Å². The summed E-state index contributed by atoms with van der Waals surface area (Å²) in [5.41, 5.74) is 0. The molecule has 13 heteroatoms. The fourth-order valence-electron chi connectivity index (χ4n) is 9.36. The van der Waals surface area contributed by atoms with Gasteiger partial charge >= 0.3 is 13.8 Å². The van der Waals surface area contributed by atoms with Crippen molar-refractivity contribution in [3.8, 4) is 0 Å². The first-order valence-electron chi connectivity index (χ1n) is 30.5. The second kappa shape index (κ2) is 50.8. The first-order valence-corrected chi connectivity index (χ1v) is 32.0. The third kappa shape index (κ3) is 41.4. The summed E-state index contributed by atoms with van der Waals surface area (Å²) in [5, 5.41) is 50.5. The summed E-state index contributed by atoms with van der Waals surface area (Å²) in [5.74, 6) is -0.477. The molecule has 0 bridgehead atoms. The van der Waals surface area contributed by atoms with Gasteiger partial charge in [-0.3, -0.25) is 13.8 Å². The van der Waals surface area contributed by atoms with Crippen LogP contribution < -0.4 is 0 Å². The number of aliphatic hydroxyl groups excluding tert-OH is 5. The zero-order chi connectivity index (χ0) is 54.0. The smallest absolute Gasteiger partial charge is 0.457 e. The maximum Gasteiger partial charge on any atom is 0.472 e. The van der Waals surface area contributed by atoms with Gasteiger partial charge in [-0.1, -0.05) is 236 Å². The molecule has 0 heterocycles. The van der Waals surface area contributed by atoms with Crippen molar-refractivity contribution >= 4 is 13.8 Å². The predicted molar refractivity (Wildman–Crippen MR) is 304 cm³/mol. The monoisotopic (exact) mass is 1070 g/mol. The molecule has 6 N–H and O–H groups in total. The number of carbonyl (C=O) groups excluding carboxylic acids is 1. The zero-order valence-corrected chi connectivity index (χ0v) is 48.0. The highest BCUT2D eigenvalue weighted by Crippen LogP contribution is 2.47. The molecule has 0 amide bonds. The van der Waals surface area contributed by atoms with Crippen molar-refractivity contribution in [1.29, 1.82) is 0 Å². The number of aliphatic hydroxyl groups is 5. The number of ether oxygens (including phenoxy) is 2. The lowest BCUT2D eigenvalue weighted by molar-refractivity contribution is -0.220. The number of carbonyl (C=O) groups is 1. The highest BCUT2D eigenvalue weighted by molar-refractivity contribution is 7.47. The van der Waals surface area contributed by atoms with Gasteiger partial charge in [0.15, 0.2) is 0 Å². The average Bonchev–Trinajstić information content (AvgIpc) is 3.39. The topological polar surface area (TPSA) is 192 Å². The quantitative estimate of drug-likeness (QED) is 0.0146. The number of rotatable bonds is 53. The molecule has 12 nitrogen and oxygen atoms in total. The molecule has 1 aliphatic carbocycles. The van der Waals surface area contributed by atoms with E-state index in [1.807, 2.05) is 0 Å². The lowest BCUT2D eigenvalue weighted by Crippen LogP contribution is -2.64. The van der Waals surface area contributed by atoms with Gasteiger partial charge in [0.2, 0.25) is 0 Å². The molecule has 1 aliphatic rings. The Morgan fingerprint density at radius 3 is 1.16 bits per heavy atom. The van der Waals surface area contributed by atoms with Gasteiger partial charge in [-0.25, -0.2) is 4.57 Å². The van der Waals surface area contributed by atoms with Crippen LogP contribution in [0.4, 0.5) is 0 Å². The fraction of sp³-hybridized carbons (Fsp3) is 0.852. The van der Waals surface area contributed by atoms with Crippen molar-refractivity contribution in [2.75, 3.05) is 19.8 Å². The molecule has 6 unspecified atom stereocenters. The number of unbranched alkanes of at least 4 members (excludes halogenated alkanes) is 33. The molecular formula is C61H113O12P. The van der Waals surface area contributed by atoms with Crippen molar-refractivity contribution in [1.82, 2.24) is 0 Å². The van der Waals surface area contributed by atoms with E-state index in [0.717, 1.165) is 64.2 Å². The third-order valence-corrected chi connectivity index (χ3v) is 15.2. The molecule has 0 aromatic carbocycles. The molecular weight excluding hydrogens is 956 g/mol. The van der Waals surface area contributed by atoms with E-state index in [0.29, 0.717) is 13.0 Å². The Bertz CT molecular complexity index is 1410. The summed E-state index contributed by atoms with van der Waals surface area (Å²) < 4.78 is 34.5. The molecule has 6 atom stereocenters. The van der Waals surface area contributed by atoms with Crippen LogP contribution in [0.1, 0.15) is 271 Å². The predicted octanol–water partition coefficient (Wildman–Crippen LogP) is 15.1. The standard InChI is InChI=1S/C61H113O12P/c1-3-5-7-9-11-13-15-17-19-21-23-25-27-29-31-33-35-37-39-41-43-45-47-49-51-70-52-54(53-71-74(68,69)73-61-59(66)57(64)56(63)58(65)60(61)67)72-55(62)50-48-46-44-42-40-38-36-34-32-30-28-26-24-22-20-18-16-14-12-10-8-6-4-2/h15,17,21-24,27,29,54,56-61,63-67H,3-14,16,18-20,25-26,28,30-53H2,1-2H3,(H,68,69)/b17-15-,23-21-,24-22-,29-27-. The second-order valence-electron chi connectivity index (χ2n) is 21.2. The van der Waals surface area contributed by atoms with Gasteiger partial charge in [0, 0.05) is 13.0 Å². The van der Waals surface area contributed by atoms with Crippen LogP contribution in [-0.4, -0.2) is 98.9 Å². The van der Waals surface area contributed by atoms with E-state index in [2.05, 4.69) is 62.5 Å². The summed E-state index contributed by atoms with van der Waals surface area (Å²) in [6.07, 6.45) is 53.2. The van der Waals surface area contributed by atoms with E-state index >= 15 is 0 Å². The largest absolute Gasteiger partial charge is 0.472 e. The Hall–Kier alpha value is -1.70. The van der Waals surface area contributed by atoms with Crippen LogP contribution in [0.3, 0.4) is 0 Å². The number of hydrogen-bond acceptors (Lipinski definition) is 11. The lowest BCUT2D eigenvalue weighted by atomic mass is 9.85. The van der Waals surface area contributed by atoms with Crippen molar-refractivity contribution < 1.29 is 58.3 Å².